The molecule has 0 aliphatic carbocycles. The molecule has 134 valence electrons. The summed E-state index contributed by atoms with van der Waals surface area (Å²) in [7, 11) is 0. The van der Waals surface area contributed by atoms with Gasteiger partial charge in [-0.25, -0.2) is 0 Å². The predicted molar refractivity (Wildman–Crippen MR) is 108 cm³/mol. The fourth-order valence-corrected chi connectivity index (χ4v) is 3.79. The molecule has 2 aromatic carbocycles. The molecule has 1 heterocycles. The molecule has 0 aliphatic heterocycles. The highest BCUT2D eigenvalue weighted by atomic mass is 32.1. The lowest BCUT2D eigenvalue weighted by Gasteiger charge is -2.19. The van der Waals surface area contributed by atoms with E-state index in [1.54, 1.807) is 11.3 Å². The third-order valence-corrected chi connectivity index (χ3v) is 5.49. The van der Waals surface area contributed by atoms with Crippen molar-refractivity contribution in [3.8, 4) is 0 Å². The molecule has 3 aromatic rings. The second-order valence-corrected chi connectivity index (χ2v) is 7.40. The van der Waals surface area contributed by atoms with Gasteiger partial charge in [-0.05, 0) is 42.5 Å². The summed E-state index contributed by atoms with van der Waals surface area (Å²) >= 11 is 1.73. The van der Waals surface area contributed by atoms with Gasteiger partial charge in [-0.15, -0.1) is 11.3 Å². The number of para-hydroxylation sites is 1. The number of carbonyl (C=O) groups excluding carboxylic acids is 1. The number of amides is 1. The number of carbonyl (C=O) groups is 1. The summed E-state index contributed by atoms with van der Waals surface area (Å²) in [5.74, 6) is 0.0166. The zero-order valence-corrected chi connectivity index (χ0v) is 16.0. The first kappa shape index (κ1) is 18.4. The van der Waals surface area contributed by atoms with Gasteiger partial charge in [0.15, 0.2) is 6.04 Å². The quantitative estimate of drug-likeness (QED) is 0.653. The highest BCUT2D eigenvalue weighted by Crippen LogP contribution is 2.23. The summed E-state index contributed by atoms with van der Waals surface area (Å²) in [6.45, 7) is 4.12. The Kier molecular flexibility index (Phi) is 6.21. The van der Waals surface area contributed by atoms with Crippen LogP contribution in [0, 0.1) is 0 Å². The van der Waals surface area contributed by atoms with Crippen molar-refractivity contribution in [2.75, 3.05) is 5.32 Å². The van der Waals surface area contributed by atoms with Crippen LogP contribution in [0.25, 0.3) is 0 Å². The van der Waals surface area contributed by atoms with Gasteiger partial charge in [0.25, 0.3) is 5.91 Å². The Labute approximate surface area is 159 Å². The summed E-state index contributed by atoms with van der Waals surface area (Å²) in [5, 5.41) is 7.23. The molecule has 0 radical (unpaired) electrons. The van der Waals surface area contributed by atoms with Crippen LogP contribution < -0.4 is 10.6 Å². The topological polar surface area (TPSA) is 45.7 Å². The van der Waals surface area contributed by atoms with E-state index < -0.39 is 0 Å². The van der Waals surface area contributed by atoms with E-state index in [9.17, 15) is 4.79 Å². The van der Waals surface area contributed by atoms with Crippen LogP contribution in [0.2, 0.25) is 0 Å². The lowest BCUT2D eigenvalue weighted by atomic mass is 10.0. The number of hydrogen-bond acceptors (Lipinski definition) is 2. The number of aryl methyl sites for hydroxylation is 1. The molecule has 0 fully saturated rings. The average molecular weight is 366 g/mol. The number of rotatable bonds is 7. The summed E-state index contributed by atoms with van der Waals surface area (Å²) in [4.78, 5) is 13.9. The summed E-state index contributed by atoms with van der Waals surface area (Å²) < 4.78 is 0. The summed E-state index contributed by atoms with van der Waals surface area (Å²) in [6.07, 6.45) is 1.03. The van der Waals surface area contributed by atoms with Gasteiger partial charge >= 0.3 is 0 Å². The number of hydrogen-bond donors (Lipinski definition) is 2. The fraction of sp³-hybridized carbons (Fsp3) is 0.227. The van der Waals surface area contributed by atoms with Crippen LogP contribution in [0.15, 0.2) is 72.1 Å². The monoisotopic (exact) mass is 365 g/mol. The van der Waals surface area contributed by atoms with E-state index in [0.717, 1.165) is 12.1 Å². The number of nitrogens with two attached hydrogens (primary N) is 1. The maximum Gasteiger partial charge on any atom is 0.282 e. The molecule has 26 heavy (non-hydrogen) atoms. The van der Waals surface area contributed by atoms with E-state index in [1.165, 1.54) is 16.0 Å². The first-order chi connectivity index (χ1) is 12.7. The van der Waals surface area contributed by atoms with Crippen LogP contribution in [0.5, 0.6) is 0 Å². The Bertz CT molecular complexity index is 813. The normalized spacial score (nSPS) is 13.2. The minimum Gasteiger partial charge on any atom is -0.326 e. The Morgan fingerprint density at radius 3 is 2.38 bits per heavy atom. The van der Waals surface area contributed by atoms with Crippen molar-refractivity contribution in [1.29, 1.82) is 0 Å². The average Bonchev–Trinajstić information content (AvgIpc) is 3.21. The van der Waals surface area contributed by atoms with Gasteiger partial charge in [-0.1, -0.05) is 55.5 Å². The molecule has 1 aromatic heterocycles. The standard InChI is InChI=1S/C22H24N2OS/c1-3-17-11-13-18(14-12-17)21(20-10-7-15-26-20)23-16(2)22(25)24-19-8-5-4-6-9-19/h4-16,21,23H,3H2,1-2H3,(H,24,25)/p+1/t16-,21+/m0/s1. The van der Waals surface area contributed by atoms with Gasteiger partial charge in [0.2, 0.25) is 0 Å². The first-order valence-electron chi connectivity index (χ1n) is 9.00. The van der Waals surface area contributed by atoms with Crippen LogP contribution >= 0.6 is 11.3 Å². The molecule has 0 bridgehead atoms. The van der Waals surface area contributed by atoms with E-state index in [-0.39, 0.29) is 18.0 Å². The van der Waals surface area contributed by atoms with Crippen LogP contribution in [0.4, 0.5) is 5.69 Å². The van der Waals surface area contributed by atoms with E-state index in [2.05, 4.69) is 59.3 Å². The van der Waals surface area contributed by atoms with E-state index in [1.807, 2.05) is 37.3 Å². The number of quaternary nitrogens is 1. The van der Waals surface area contributed by atoms with Gasteiger partial charge in [-0.2, -0.15) is 0 Å². The lowest BCUT2D eigenvalue weighted by molar-refractivity contribution is -0.703. The van der Waals surface area contributed by atoms with Gasteiger partial charge in [-0.3, -0.25) is 4.79 Å². The fourth-order valence-electron chi connectivity index (χ4n) is 2.95. The van der Waals surface area contributed by atoms with E-state index >= 15 is 0 Å². The molecule has 0 spiro atoms. The van der Waals surface area contributed by atoms with E-state index in [0.29, 0.717) is 0 Å². The molecule has 0 saturated heterocycles. The highest BCUT2D eigenvalue weighted by Gasteiger charge is 2.25. The molecule has 0 unspecified atom stereocenters. The van der Waals surface area contributed by atoms with Crippen molar-refractivity contribution in [3.05, 3.63) is 88.1 Å². The maximum absolute atomic E-state index is 12.6. The maximum atomic E-state index is 12.6. The molecule has 4 heteroatoms. The molecule has 0 aliphatic rings. The summed E-state index contributed by atoms with van der Waals surface area (Å²) in [5.41, 5.74) is 3.38. The van der Waals surface area contributed by atoms with Gasteiger partial charge < -0.3 is 10.6 Å². The Balaban J connectivity index is 1.75. The second-order valence-electron chi connectivity index (χ2n) is 6.42. The molecule has 0 saturated carbocycles. The van der Waals surface area contributed by atoms with Gasteiger partial charge in [0.1, 0.15) is 6.04 Å². The molecular formula is C22H25N2OS+. The van der Waals surface area contributed by atoms with Crippen LogP contribution in [-0.2, 0) is 11.2 Å². The van der Waals surface area contributed by atoms with Crippen molar-refractivity contribution in [3.63, 3.8) is 0 Å². The molecule has 1 amide bonds. The Morgan fingerprint density at radius 1 is 1.04 bits per heavy atom. The minimum atomic E-state index is -0.201. The lowest BCUT2D eigenvalue weighted by Crippen LogP contribution is -2.92. The third-order valence-electron chi connectivity index (χ3n) is 4.53. The first-order valence-corrected chi connectivity index (χ1v) is 9.88. The van der Waals surface area contributed by atoms with Crippen LogP contribution in [0.1, 0.15) is 35.9 Å². The number of nitrogens with one attached hydrogen (secondary N) is 1. The zero-order chi connectivity index (χ0) is 18.4. The Morgan fingerprint density at radius 2 is 1.77 bits per heavy atom. The van der Waals surface area contributed by atoms with Crippen molar-refractivity contribution in [2.24, 2.45) is 0 Å². The SMILES string of the molecule is CCc1ccc([C@@H]([NH2+][C@@H](C)C(=O)Nc2ccccc2)c2cccs2)cc1. The molecule has 3 nitrogen and oxygen atoms in total. The highest BCUT2D eigenvalue weighted by molar-refractivity contribution is 7.10. The second kappa shape index (κ2) is 8.79. The predicted octanol–water partition coefficient (Wildman–Crippen LogP) is 3.99. The minimum absolute atomic E-state index is 0.0166. The largest absolute Gasteiger partial charge is 0.326 e. The summed E-state index contributed by atoms with van der Waals surface area (Å²) in [6, 6.07) is 22.5. The molecule has 3 rings (SSSR count). The third kappa shape index (κ3) is 4.59. The number of anilines is 1. The molecule has 3 N–H and O–H groups in total. The van der Waals surface area contributed by atoms with Crippen molar-refractivity contribution >= 4 is 22.9 Å². The van der Waals surface area contributed by atoms with Gasteiger partial charge in [0, 0.05) is 11.3 Å². The Hall–Kier alpha value is -2.43. The van der Waals surface area contributed by atoms with Crippen molar-refractivity contribution < 1.29 is 10.1 Å². The van der Waals surface area contributed by atoms with Gasteiger partial charge in [0.05, 0.1) is 4.88 Å². The molecule has 2 atom stereocenters. The number of benzene rings is 2. The molecular weight excluding hydrogens is 340 g/mol. The number of thiophene rings is 1. The smallest absolute Gasteiger partial charge is 0.282 e. The van der Waals surface area contributed by atoms with E-state index in [4.69, 9.17) is 0 Å². The van der Waals surface area contributed by atoms with Crippen LogP contribution in [-0.4, -0.2) is 11.9 Å². The zero-order valence-electron chi connectivity index (χ0n) is 15.2. The van der Waals surface area contributed by atoms with Crippen LogP contribution in [0.3, 0.4) is 0 Å². The van der Waals surface area contributed by atoms with Crippen molar-refractivity contribution in [2.45, 2.75) is 32.4 Å². The van der Waals surface area contributed by atoms with Crippen molar-refractivity contribution in [1.82, 2.24) is 0 Å².